The van der Waals surface area contributed by atoms with Crippen LogP contribution in [0.3, 0.4) is 0 Å². The molecule has 7 nitrogen and oxygen atoms in total. The van der Waals surface area contributed by atoms with Gasteiger partial charge in [0.15, 0.2) is 5.78 Å². The first-order valence-corrected chi connectivity index (χ1v) is 10.9. The van der Waals surface area contributed by atoms with E-state index in [1.165, 1.54) is 0 Å². The number of hydrogen-bond donors (Lipinski definition) is 2. The summed E-state index contributed by atoms with van der Waals surface area (Å²) in [6.45, 7) is 9.06. The SMILES string of the molecule is CC1(C)CC(=O)C2=C(C1)OC(N)=C(C(=O)OC(C)(C)C)[C@@]21C(=O)Nc2ccc(Br)cc21. The van der Waals surface area contributed by atoms with Crippen molar-refractivity contribution in [2.24, 2.45) is 11.1 Å². The van der Waals surface area contributed by atoms with Crippen molar-refractivity contribution in [1.82, 2.24) is 0 Å². The maximum atomic E-state index is 13.6. The zero-order valence-corrected chi connectivity index (χ0v) is 19.7. The molecule has 1 spiro atoms. The van der Waals surface area contributed by atoms with Crippen LogP contribution in [-0.4, -0.2) is 23.3 Å². The highest BCUT2D eigenvalue weighted by Gasteiger charge is 2.63. The van der Waals surface area contributed by atoms with Gasteiger partial charge in [-0.25, -0.2) is 4.79 Å². The monoisotopic (exact) mass is 488 g/mol. The van der Waals surface area contributed by atoms with Crippen LogP contribution in [0.25, 0.3) is 0 Å². The Morgan fingerprint density at radius 2 is 1.90 bits per heavy atom. The van der Waals surface area contributed by atoms with Crippen LogP contribution < -0.4 is 11.1 Å². The molecule has 0 saturated heterocycles. The van der Waals surface area contributed by atoms with Crippen LogP contribution in [0.4, 0.5) is 5.69 Å². The summed E-state index contributed by atoms with van der Waals surface area (Å²) in [7, 11) is 0. The fraction of sp³-hybridized carbons (Fsp3) is 0.435. The number of nitrogens with one attached hydrogen (secondary N) is 1. The number of anilines is 1. The molecular weight excluding hydrogens is 464 g/mol. The standard InChI is InChI=1S/C23H25BrN2O5/c1-21(2,3)31-19(28)17-18(25)30-15-10-22(4,5)9-14(27)16(15)23(17)12-8-11(24)6-7-13(12)26-20(23)29/h6-8H,9-10,25H2,1-5H3,(H,26,29)/t23-/m0/s1. The molecule has 0 aromatic heterocycles. The number of halogens is 1. The molecule has 1 aromatic rings. The van der Waals surface area contributed by atoms with E-state index in [0.717, 1.165) is 0 Å². The number of benzene rings is 1. The minimum atomic E-state index is -1.73. The van der Waals surface area contributed by atoms with Gasteiger partial charge in [-0.3, -0.25) is 9.59 Å². The minimum Gasteiger partial charge on any atom is -0.456 e. The van der Waals surface area contributed by atoms with Gasteiger partial charge in [-0.2, -0.15) is 0 Å². The van der Waals surface area contributed by atoms with Crippen molar-refractivity contribution in [2.75, 3.05) is 5.32 Å². The Balaban J connectivity index is 2.05. The van der Waals surface area contributed by atoms with E-state index in [-0.39, 0.29) is 34.6 Å². The smallest absolute Gasteiger partial charge is 0.341 e. The van der Waals surface area contributed by atoms with Crippen molar-refractivity contribution in [3.05, 3.63) is 51.0 Å². The van der Waals surface area contributed by atoms with E-state index < -0.39 is 22.9 Å². The van der Waals surface area contributed by atoms with Crippen molar-refractivity contribution in [3.63, 3.8) is 0 Å². The van der Waals surface area contributed by atoms with Crippen LogP contribution in [0.5, 0.6) is 0 Å². The molecule has 0 fully saturated rings. The van der Waals surface area contributed by atoms with E-state index in [9.17, 15) is 14.4 Å². The third kappa shape index (κ3) is 3.28. The van der Waals surface area contributed by atoms with Crippen LogP contribution in [0.2, 0.25) is 0 Å². The molecule has 1 amide bonds. The number of fused-ring (bicyclic) bond motifs is 3. The van der Waals surface area contributed by atoms with Crippen molar-refractivity contribution < 1.29 is 23.9 Å². The molecule has 8 heteroatoms. The Morgan fingerprint density at radius 1 is 1.23 bits per heavy atom. The Morgan fingerprint density at radius 3 is 2.55 bits per heavy atom. The Bertz CT molecular complexity index is 1110. The Kier molecular flexibility index (Phi) is 4.67. The van der Waals surface area contributed by atoms with Crippen molar-refractivity contribution in [1.29, 1.82) is 0 Å². The highest BCUT2D eigenvalue weighted by molar-refractivity contribution is 9.10. The fourth-order valence-corrected chi connectivity index (χ4v) is 4.98. The molecule has 164 valence electrons. The number of carbonyl (C=O) groups excluding carboxylic acids is 3. The van der Waals surface area contributed by atoms with Crippen molar-refractivity contribution in [2.45, 2.75) is 58.5 Å². The molecule has 1 aromatic carbocycles. The van der Waals surface area contributed by atoms with Crippen LogP contribution in [-0.2, 0) is 29.3 Å². The lowest BCUT2D eigenvalue weighted by atomic mass is 9.62. The summed E-state index contributed by atoms with van der Waals surface area (Å²) in [6.07, 6.45) is 0.629. The maximum Gasteiger partial charge on any atom is 0.341 e. The second-order valence-electron chi connectivity index (χ2n) is 9.98. The predicted molar refractivity (Wildman–Crippen MR) is 118 cm³/mol. The van der Waals surface area contributed by atoms with Crippen LogP contribution in [0.1, 0.15) is 53.0 Å². The van der Waals surface area contributed by atoms with E-state index in [0.29, 0.717) is 27.9 Å². The number of ether oxygens (including phenoxy) is 2. The van der Waals surface area contributed by atoms with Gasteiger partial charge in [-0.05, 0) is 44.4 Å². The predicted octanol–water partition coefficient (Wildman–Crippen LogP) is 3.82. The third-order valence-electron chi connectivity index (χ3n) is 5.64. The molecule has 0 bridgehead atoms. The molecule has 0 unspecified atom stereocenters. The number of esters is 1. The van der Waals surface area contributed by atoms with Gasteiger partial charge >= 0.3 is 5.97 Å². The number of carbonyl (C=O) groups is 3. The molecule has 3 N–H and O–H groups in total. The number of hydrogen-bond acceptors (Lipinski definition) is 6. The average molecular weight is 489 g/mol. The first-order chi connectivity index (χ1) is 14.3. The van der Waals surface area contributed by atoms with Crippen molar-refractivity contribution in [3.8, 4) is 0 Å². The molecule has 3 aliphatic rings. The van der Waals surface area contributed by atoms with Crippen molar-refractivity contribution >= 4 is 39.3 Å². The molecule has 0 radical (unpaired) electrons. The fourth-order valence-electron chi connectivity index (χ4n) is 4.62. The Labute approximate surface area is 189 Å². The highest BCUT2D eigenvalue weighted by atomic mass is 79.9. The molecule has 1 aliphatic carbocycles. The van der Waals surface area contributed by atoms with Crippen LogP contribution in [0.15, 0.2) is 45.5 Å². The first-order valence-electron chi connectivity index (χ1n) is 10.1. The van der Waals surface area contributed by atoms with Crippen LogP contribution in [0, 0.1) is 5.41 Å². The molecule has 31 heavy (non-hydrogen) atoms. The van der Waals surface area contributed by atoms with E-state index in [1.807, 2.05) is 13.8 Å². The zero-order valence-electron chi connectivity index (χ0n) is 18.1. The molecular formula is C23H25BrN2O5. The average Bonchev–Trinajstić information content (AvgIpc) is 2.84. The van der Waals surface area contributed by atoms with Gasteiger partial charge in [0, 0.05) is 28.6 Å². The van der Waals surface area contributed by atoms with Gasteiger partial charge < -0.3 is 20.5 Å². The van der Waals surface area contributed by atoms with Gasteiger partial charge in [-0.15, -0.1) is 0 Å². The second kappa shape index (κ2) is 6.69. The molecule has 2 heterocycles. The number of allylic oxidation sites excluding steroid dienone is 1. The lowest BCUT2D eigenvalue weighted by Gasteiger charge is -2.42. The summed E-state index contributed by atoms with van der Waals surface area (Å²) in [4.78, 5) is 40.5. The second-order valence-corrected chi connectivity index (χ2v) is 10.9. The van der Waals surface area contributed by atoms with Gasteiger partial charge in [0.25, 0.3) is 0 Å². The summed E-state index contributed by atoms with van der Waals surface area (Å²) >= 11 is 3.44. The highest BCUT2D eigenvalue weighted by Crippen LogP contribution is 2.56. The normalized spacial score (nSPS) is 24.6. The number of amides is 1. The lowest BCUT2D eigenvalue weighted by molar-refractivity contribution is -0.152. The third-order valence-corrected chi connectivity index (χ3v) is 6.14. The number of nitrogens with two attached hydrogens (primary N) is 1. The lowest BCUT2D eigenvalue weighted by Crippen LogP contribution is -2.51. The molecule has 0 saturated carbocycles. The van der Waals surface area contributed by atoms with Gasteiger partial charge in [-0.1, -0.05) is 29.8 Å². The van der Waals surface area contributed by atoms with Gasteiger partial charge in [0.05, 0.1) is 5.57 Å². The van der Waals surface area contributed by atoms with Gasteiger partial charge in [0.2, 0.25) is 11.8 Å². The minimum absolute atomic E-state index is 0.163. The summed E-state index contributed by atoms with van der Waals surface area (Å²) in [6, 6.07) is 5.23. The Hall–Kier alpha value is -2.61. The molecule has 4 rings (SSSR count). The van der Waals surface area contributed by atoms with E-state index in [4.69, 9.17) is 15.2 Å². The van der Waals surface area contributed by atoms with Crippen LogP contribution >= 0.6 is 15.9 Å². The largest absolute Gasteiger partial charge is 0.456 e. The quantitative estimate of drug-likeness (QED) is 0.581. The van der Waals surface area contributed by atoms with E-state index >= 15 is 0 Å². The maximum absolute atomic E-state index is 13.6. The molecule has 1 atom stereocenters. The number of rotatable bonds is 1. The van der Waals surface area contributed by atoms with Gasteiger partial charge in [0.1, 0.15) is 22.3 Å². The summed E-state index contributed by atoms with van der Waals surface area (Å²) in [5.74, 6) is -1.45. The van der Waals surface area contributed by atoms with E-state index in [1.54, 1.807) is 39.0 Å². The number of Topliss-reactive ketones (excluding diaryl/α,β-unsaturated/α-hetero) is 1. The first kappa shape index (κ1) is 21.6. The topological polar surface area (TPSA) is 108 Å². The summed E-state index contributed by atoms with van der Waals surface area (Å²) in [5, 5.41) is 2.83. The molecule has 2 aliphatic heterocycles. The zero-order chi connectivity index (χ0) is 22.9. The van der Waals surface area contributed by atoms with E-state index in [2.05, 4.69) is 21.2 Å². The summed E-state index contributed by atoms with van der Waals surface area (Å²) < 4.78 is 12.1. The number of ketones is 1. The summed E-state index contributed by atoms with van der Waals surface area (Å²) in [5.41, 5.74) is 4.32.